The van der Waals surface area contributed by atoms with Crippen molar-refractivity contribution in [1.82, 2.24) is 0 Å². The van der Waals surface area contributed by atoms with Gasteiger partial charge in [-0.15, -0.1) is 0 Å². The Balaban J connectivity index is 1.42. The Labute approximate surface area is 179 Å². The summed E-state index contributed by atoms with van der Waals surface area (Å²) in [6.07, 6.45) is 23.1. The normalized spacial score (nSPS) is 27.7. The Hall–Kier alpha value is -0.440. The van der Waals surface area contributed by atoms with Crippen molar-refractivity contribution in [3.8, 4) is 0 Å². The van der Waals surface area contributed by atoms with Crippen molar-refractivity contribution in [3.63, 3.8) is 0 Å². The Morgan fingerprint density at radius 3 is 1.69 bits per heavy atom. The van der Waals surface area contributed by atoms with Gasteiger partial charge in [-0.1, -0.05) is 64.7 Å². The van der Waals surface area contributed by atoms with Gasteiger partial charge in [0.2, 0.25) is 0 Å². The van der Waals surface area contributed by atoms with Gasteiger partial charge in [-0.3, -0.25) is 0 Å². The molecule has 3 heteroatoms. The van der Waals surface area contributed by atoms with Crippen LogP contribution in [0.4, 0.5) is 8.78 Å². The quantitative estimate of drug-likeness (QED) is 0.258. The van der Waals surface area contributed by atoms with E-state index in [2.05, 4.69) is 6.92 Å². The molecule has 0 heterocycles. The van der Waals surface area contributed by atoms with E-state index in [9.17, 15) is 8.78 Å². The van der Waals surface area contributed by atoms with Gasteiger partial charge >= 0.3 is 0 Å². The highest BCUT2D eigenvalue weighted by molar-refractivity contribution is 4.92. The van der Waals surface area contributed by atoms with E-state index in [1.54, 1.807) is 0 Å². The van der Waals surface area contributed by atoms with Crippen LogP contribution in [0.25, 0.3) is 0 Å². The summed E-state index contributed by atoms with van der Waals surface area (Å²) in [6, 6.07) is 0. The fraction of sp³-hybridized carbons (Fsp3) is 0.923. The van der Waals surface area contributed by atoms with Crippen molar-refractivity contribution in [3.05, 3.63) is 12.2 Å². The number of halogens is 2. The maximum absolute atomic E-state index is 12.4. The predicted octanol–water partition coefficient (Wildman–Crippen LogP) is 9.07. The third kappa shape index (κ3) is 10.9. The highest BCUT2D eigenvalue weighted by Gasteiger charge is 2.30. The number of rotatable bonds is 14. The molecule has 2 aliphatic carbocycles. The molecule has 0 aliphatic heterocycles. The van der Waals surface area contributed by atoms with Crippen LogP contribution in [0, 0.1) is 17.8 Å². The summed E-state index contributed by atoms with van der Waals surface area (Å²) in [4.78, 5) is 0. The van der Waals surface area contributed by atoms with Gasteiger partial charge in [-0.25, -0.2) is 0 Å². The first-order chi connectivity index (χ1) is 14.2. The first-order valence-corrected chi connectivity index (χ1v) is 12.8. The molecule has 0 radical (unpaired) electrons. The number of hydrogen-bond acceptors (Lipinski definition) is 1. The van der Waals surface area contributed by atoms with E-state index in [0.29, 0.717) is 6.10 Å². The summed E-state index contributed by atoms with van der Waals surface area (Å²) >= 11 is 0. The lowest BCUT2D eigenvalue weighted by atomic mass is 9.70. The van der Waals surface area contributed by atoms with Crippen LogP contribution in [0.5, 0.6) is 0 Å². The highest BCUT2D eigenvalue weighted by Crippen LogP contribution is 2.41. The molecule has 0 aromatic rings. The van der Waals surface area contributed by atoms with E-state index < -0.39 is 6.08 Å². The maximum atomic E-state index is 12.4. The van der Waals surface area contributed by atoms with Crippen LogP contribution in [-0.4, -0.2) is 12.7 Å². The molecule has 0 aromatic carbocycles. The first-order valence-electron chi connectivity index (χ1n) is 12.8. The zero-order valence-corrected chi connectivity index (χ0v) is 19.0. The summed E-state index contributed by atoms with van der Waals surface area (Å²) < 4.78 is 31.0. The largest absolute Gasteiger partial charge is 0.378 e. The second kappa shape index (κ2) is 15.4. The number of hydrogen-bond donors (Lipinski definition) is 0. The van der Waals surface area contributed by atoms with Gasteiger partial charge in [0, 0.05) is 6.61 Å². The average molecular weight is 413 g/mol. The standard InChI is InChI=1S/C26H46F2O/c1-2-3-4-5-6-7-8-9-10-11-20-29-25-18-16-24(17-19-25)23-14-12-22(13-15-23)21-26(27)28/h21-25H,2-20H2,1H3/t22-,23-,24-,25-. The zero-order chi connectivity index (χ0) is 20.7. The van der Waals surface area contributed by atoms with Gasteiger partial charge in [0.1, 0.15) is 0 Å². The van der Waals surface area contributed by atoms with Crippen LogP contribution in [-0.2, 0) is 4.74 Å². The Morgan fingerprint density at radius 1 is 0.690 bits per heavy atom. The molecule has 2 rings (SSSR count). The molecule has 0 unspecified atom stereocenters. The van der Waals surface area contributed by atoms with E-state index in [-0.39, 0.29) is 5.92 Å². The lowest BCUT2D eigenvalue weighted by Gasteiger charge is -2.37. The van der Waals surface area contributed by atoms with Gasteiger partial charge in [-0.05, 0) is 81.6 Å². The molecule has 0 saturated heterocycles. The summed E-state index contributed by atoms with van der Waals surface area (Å²) in [5, 5.41) is 0. The van der Waals surface area contributed by atoms with Crippen LogP contribution in [0.15, 0.2) is 12.2 Å². The second-order valence-corrected chi connectivity index (χ2v) is 9.72. The molecule has 2 saturated carbocycles. The lowest BCUT2D eigenvalue weighted by molar-refractivity contribution is 0.00590. The van der Waals surface area contributed by atoms with Gasteiger partial charge < -0.3 is 4.74 Å². The third-order valence-electron chi connectivity index (χ3n) is 7.42. The first kappa shape index (κ1) is 24.8. The molecule has 2 fully saturated rings. The van der Waals surface area contributed by atoms with E-state index in [4.69, 9.17) is 4.74 Å². The fourth-order valence-electron chi connectivity index (χ4n) is 5.53. The molecule has 170 valence electrons. The number of ether oxygens (including phenoxy) is 1. The molecular formula is C26H46F2O. The molecule has 1 nitrogen and oxygen atoms in total. The third-order valence-corrected chi connectivity index (χ3v) is 7.42. The molecule has 0 aromatic heterocycles. The fourth-order valence-corrected chi connectivity index (χ4v) is 5.53. The van der Waals surface area contributed by atoms with E-state index >= 15 is 0 Å². The average Bonchev–Trinajstić information content (AvgIpc) is 2.73. The molecular weight excluding hydrogens is 366 g/mol. The SMILES string of the molecule is CCCCCCCCCCCCO[C@H]1CC[C@H]([C@H]2CC[C@H](C=C(F)F)CC2)CC1. The van der Waals surface area contributed by atoms with Gasteiger partial charge in [0.15, 0.2) is 0 Å². The Bertz CT molecular complexity index is 416. The van der Waals surface area contributed by atoms with E-state index in [1.807, 2.05) is 0 Å². The molecule has 0 atom stereocenters. The highest BCUT2D eigenvalue weighted by atomic mass is 19.3. The topological polar surface area (TPSA) is 9.23 Å². The molecule has 2 aliphatic rings. The summed E-state index contributed by atoms with van der Waals surface area (Å²) in [6.45, 7) is 3.22. The Morgan fingerprint density at radius 2 is 1.17 bits per heavy atom. The van der Waals surface area contributed by atoms with Crippen LogP contribution in [0.2, 0.25) is 0 Å². The van der Waals surface area contributed by atoms with Crippen molar-refractivity contribution in [1.29, 1.82) is 0 Å². The summed E-state index contributed by atoms with van der Waals surface area (Å²) in [7, 11) is 0. The van der Waals surface area contributed by atoms with Gasteiger partial charge in [-0.2, -0.15) is 8.78 Å². The van der Waals surface area contributed by atoms with Crippen molar-refractivity contribution in [2.75, 3.05) is 6.61 Å². The monoisotopic (exact) mass is 412 g/mol. The minimum atomic E-state index is -1.49. The minimum Gasteiger partial charge on any atom is -0.378 e. The van der Waals surface area contributed by atoms with Crippen molar-refractivity contribution in [2.45, 2.75) is 129 Å². The molecule has 0 amide bonds. The molecule has 0 N–H and O–H groups in total. The van der Waals surface area contributed by atoms with Crippen molar-refractivity contribution in [2.24, 2.45) is 17.8 Å². The molecule has 0 spiro atoms. The van der Waals surface area contributed by atoms with Gasteiger partial charge in [0.05, 0.1) is 6.10 Å². The molecule has 0 bridgehead atoms. The Kier molecular flexibility index (Phi) is 13.2. The second-order valence-electron chi connectivity index (χ2n) is 9.72. The molecule has 29 heavy (non-hydrogen) atoms. The van der Waals surface area contributed by atoms with Crippen molar-refractivity contribution < 1.29 is 13.5 Å². The minimum absolute atomic E-state index is 0.122. The van der Waals surface area contributed by atoms with Crippen molar-refractivity contribution >= 4 is 0 Å². The van der Waals surface area contributed by atoms with E-state index in [1.165, 1.54) is 96.0 Å². The summed E-state index contributed by atoms with van der Waals surface area (Å²) in [5.74, 6) is 1.70. The maximum Gasteiger partial charge on any atom is 0.266 e. The summed E-state index contributed by atoms with van der Waals surface area (Å²) in [5.41, 5.74) is 0. The van der Waals surface area contributed by atoms with Gasteiger partial charge in [0.25, 0.3) is 6.08 Å². The zero-order valence-electron chi connectivity index (χ0n) is 19.0. The number of allylic oxidation sites excluding steroid dienone is 1. The van der Waals surface area contributed by atoms with Crippen LogP contribution in [0.3, 0.4) is 0 Å². The van der Waals surface area contributed by atoms with Crippen LogP contribution in [0.1, 0.15) is 122 Å². The van der Waals surface area contributed by atoms with Crippen LogP contribution >= 0.6 is 0 Å². The van der Waals surface area contributed by atoms with E-state index in [0.717, 1.165) is 44.1 Å². The predicted molar refractivity (Wildman–Crippen MR) is 119 cm³/mol. The number of unbranched alkanes of at least 4 members (excludes halogenated alkanes) is 9. The van der Waals surface area contributed by atoms with Crippen LogP contribution < -0.4 is 0 Å². The lowest BCUT2D eigenvalue weighted by Crippen LogP contribution is -2.28. The smallest absolute Gasteiger partial charge is 0.266 e.